The lowest BCUT2D eigenvalue weighted by Gasteiger charge is -2.20. The number of amides is 1. The second-order valence-corrected chi connectivity index (χ2v) is 4.43. The van der Waals surface area contributed by atoms with E-state index in [2.05, 4.69) is 5.32 Å². The lowest BCUT2D eigenvalue weighted by Crippen LogP contribution is -2.39. The third-order valence-electron chi connectivity index (χ3n) is 2.57. The maximum atomic E-state index is 11.8. The van der Waals surface area contributed by atoms with Crippen LogP contribution < -0.4 is 20.5 Å². The molecule has 1 aromatic carbocycles. The number of anilines is 1. The molecule has 1 aliphatic heterocycles. The molecule has 8 heteroatoms. The molecule has 0 saturated carbocycles. The van der Waals surface area contributed by atoms with Gasteiger partial charge in [0.05, 0.1) is 17.3 Å². The first-order chi connectivity index (χ1) is 9.11. The molecule has 20 heavy (non-hydrogen) atoms. The van der Waals surface area contributed by atoms with Crippen molar-refractivity contribution in [1.82, 2.24) is 0 Å². The van der Waals surface area contributed by atoms with Crippen molar-refractivity contribution in [3.8, 4) is 11.5 Å². The second-order valence-electron chi connectivity index (χ2n) is 4.03. The molecule has 0 fully saturated rings. The Hall–Kier alpha value is -1.21. The van der Waals surface area contributed by atoms with Crippen molar-refractivity contribution in [3.63, 3.8) is 0 Å². The van der Waals surface area contributed by atoms with Gasteiger partial charge in [-0.25, -0.2) is 0 Å². The van der Waals surface area contributed by atoms with Gasteiger partial charge in [-0.2, -0.15) is 0 Å². The molecule has 1 atom stereocenters. The van der Waals surface area contributed by atoms with Crippen molar-refractivity contribution in [2.75, 3.05) is 32.2 Å². The fourth-order valence-electron chi connectivity index (χ4n) is 1.64. The van der Waals surface area contributed by atoms with Gasteiger partial charge in [0, 0.05) is 19.2 Å². The molecule has 3 N–H and O–H groups in total. The number of benzene rings is 1. The summed E-state index contributed by atoms with van der Waals surface area (Å²) in [5.41, 5.74) is 6.06. The summed E-state index contributed by atoms with van der Waals surface area (Å²) in [6.07, 6.45) is 0. The van der Waals surface area contributed by atoms with Crippen molar-refractivity contribution < 1.29 is 19.0 Å². The number of fused-ring (bicyclic) bond motifs is 1. The van der Waals surface area contributed by atoms with Crippen LogP contribution in [0.1, 0.15) is 0 Å². The van der Waals surface area contributed by atoms with Crippen molar-refractivity contribution in [3.05, 3.63) is 17.2 Å². The standard InChI is InChI=1S/C12H15ClN2O4.ClH/c1-17-6-8(14)12(16)15-9-5-11-10(4-7(9)13)18-2-3-19-11;/h4-5,8H,2-3,6,14H2,1H3,(H,15,16);1H. The van der Waals surface area contributed by atoms with Gasteiger partial charge in [-0.05, 0) is 0 Å². The number of halogens is 2. The molecular weight excluding hydrogens is 307 g/mol. The Morgan fingerprint density at radius 1 is 1.45 bits per heavy atom. The number of carbonyl (C=O) groups is 1. The fraction of sp³-hybridized carbons (Fsp3) is 0.417. The molecule has 112 valence electrons. The molecule has 1 aliphatic rings. The predicted octanol–water partition coefficient (Wildman–Crippen LogP) is 1.45. The molecule has 0 aliphatic carbocycles. The van der Waals surface area contributed by atoms with Gasteiger partial charge in [0.15, 0.2) is 11.5 Å². The number of rotatable bonds is 4. The van der Waals surface area contributed by atoms with Gasteiger partial charge >= 0.3 is 0 Å². The lowest BCUT2D eigenvalue weighted by atomic mass is 10.2. The van der Waals surface area contributed by atoms with E-state index in [1.807, 2.05) is 0 Å². The number of methoxy groups -OCH3 is 1. The second kappa shape index (κ2) is 7.54. The minimum atomic E-state index is -0.755. The first-order valence-corrected chi connectivity index (χ1v) is 6.14. The van der Waals surface area contributed by atoms with E-state index in [1.54, 1.807) is 12.1 Å². The van der Waals surface area contributed by atoms with Crippen molar-refractivity contribution in [1.29, 1.82) is 0 Å². The highest BCUT2D eigenvalue weighted by Gasteiger charge is 2.18. The van der Waals surface area contributed by atoms with E-state index < -0.39 is 6.04 Å². The zero-order valence-electron chi connectivity index (χ0n) is 10.8. The molecule has 1 unspecified atom stereocenters. The summed E-state index contributed by atoms with van der Waals surface area (Å²) in [7, 11) is 1.48. The Labute approximate surface area is 127 Å². The first-order valence-electron chi connectivity index (χ1n) is 5.76. The van der Waals surface area contributed by atoms with Crippen molar-refractivity contribution in [2.24, 2.45) is 5.73 Å². The van der Waals surface area contributed by atoms with E-state index in [1.165, 1.54) is 7.11 Å². The Bertz CT molecular complexity index is 485. The molecule has 0 radical (unpaired) electrons. The van der Waals surface area contributed by atoms with Gasteiger partial charge in [0.1, 0.15) is 19.3 Å². The molecular formula is C12H16Cl2N2O4. The zero-order valence-corrected chi connectivity index (χ0v) is 12.4. The summed E-state index contributed by atoms with van der Waals surface area (Å²) in [5.74, 6) is 0.738. The number of carbonyl (C=O) groups excluding carboxylic acids is 1. The molecule has 0 bridgehead atoms. The smallest absolute Gasteiger partial charge is 0.243 e. The first kappa shape index (κ1) is 16.8. The van der Waals surface area contributed by atoms with Crippen LogP contribution in [0.5, 0.6) is 11.5 Å². The third-order valence-corrected chi connectivity index (χ3v) is 2.89. The summed E-state index contributed by atoms with van der Waals surface area (Å²) < 4.78 is 15.6. The van der Waals surface area contributed by atoms with Crippen LogP contribution in [0.25, 0.3) is 0 Å². The summed E-state index contributed by atoms with van der Waals surface area (Å²) in [4.78, 5) is 11.8. The SMILES string of the molecule is COCC(N)C(=O)Nc1cc2c(cc1Cl)OCCO2.Cl. The van der Waals surface area contributed by atoms with Crippen LogP contribution in [0, 0.1) is 0 Å². The average molecular weight is 323 g/mol. The quantitative estimate of drug-likeness (QED) is 0.876. The zero-order chi connectivity index (χ0) is 13.8. The van der Waals surface area contributed by atoms with Crippen LogP contribution in [-0.2, 0) is 9.53 Å². The highest BCUT2D eigenvalue weighted by Crippen LogP contribution is 2.37. The summed E-state index contributed by atoms with van der Waals surface area (Å²) in [6.45, 7) is 1.08. The lowest BCUT2D eigenvalue weighted by molar-refractivity contribution is -0.118. The minimum absolute atomic E-state index is 0. The largest absolute Gasteiger partial charge is 0.486 e. The molecule has 6 nitrogen and oxygen atoms in total. The molecule has 1 amide bonds. The van der Waals surface area contributed by atoms with Gasteiger partial charge < -0.3 is 25.3 Å². The highest BCUT2D eigenvalue weighted by molar-refractivity contribution is 6.34. The van der Waals surface area contributed by atoms with Crippen molar-refractivity contribution in [2.45, 2.75) is 6.04 Å². The van der Waals surface area contributed by atoms with Crippen molar-refractivity contribution >= 4 is 35.6 Å². The van der Waals surface area contributed by atoms with Crippen LogP contribution in [0.15, 0.2) is 12.1 Å². The Morgan fingerprint density at radius 2 is 2.05 bits per heavy atom. The van der Waals surface area contributed by atoms with E-state index in [9.17, 15) is 4.79 Å². The van der Waals surface area contributed by atoms with Crippen LogP contribution >= 0.6 is 24.0 Å². The number of ether oxygens (including phenoxy) is 3. The van der Waals surface area contributed by atoms with Crippen LogP contribution in [0.4, 0.5) is 5.69 Å². The van der Waals surface area contributed by atoms with Gasteiger partial charge in [-0.15, -0.1) is 12.4 Å². The molecule has 1 aromatic rings. The summed E-state index contributed by atoms with van der Waals surface area (Å²) in [6, 6.07) is 2.47. The minimum Gasteiger partial charge on any atom is -0.486 e. The Morgan fingerprint density at radius 3 is 2.65 bits per heavy atom. The van der Waals surface area contributed by atoms with Gasteiger partial charge in [0.25, 0.3) is 0 Å². The Kier molecular flexibility index (Phi) is 6.35. The molecule has 0 spiro atoms. The maximum Gasteiger partial charge on any atom is 0.243 e. The van der Waals surface area contributed by atoms with E-state index in [0.29, 0.717) is 35.4 Å². The number of hydrogen-bond donors (Lipinski definition) is 2. The predicted molar refractivity (Wildman–Crippen MR) is 78.2 cm³/mol. The third kappa shape index (κ3) is 3.89. The summed E-state index contributed by atoms with van der Waals surface area (Å²) in [5, 5.41) is 3.00. The topological polar surface area (TPSA) is 82.8 Å². The normalized spacial score (nSPS) is 14.2. The van der Waals surface area contributed by atoms with Crippen LogP contribution in [-0.4, -0.2) is 38.9 Å². The molecule has 2 rings (SSSR count). The molecule has 0 aromatic heterocycles. The van der Waals surface area contributed by atoms with Crippen LogP contribution in [0.2, 0.25) is 5.02 Å². The van der Waals surface area contributed by atoms with Gasteiger partial charge in [-0.1, -0.05) is 11.6 Å². The maximum absolute atomic E-state index is 11.8. The molecule has 0 saturated heterocycles. The molecule has 1 heterocycles. The average Bonchev–Trinajstić information content (AvgIpc) is 2.39. The van der Waals surface area contributed by atoms with E-state index in [0.717, 1.165) is 0 Å². The Balaban J connectivity index is 0.00000200. The number of nitrogens with two attached hydrogens (primary N) is 1. The van der Waals surface area contributed by atoms with Crippen LogP contribution in [0.3, 0.4) is 0 Å². The van der Waals surface area contributed by atoms with Gasteiger partial charge in [0.2, 0.25) is 5.91 Å². The van der Waals surface area contributed by atoms with E-state index in [4.69, 9.17) is 31.5 Å². The van der Waals surface area contributed by atoms with Gasteiger partial charge in [-0.3, -0.25) is 4.79 Å². The summed E-state index contributed by atoms with van der Waals surface area (Å²) >= 11 is 6.06. The highest BCUT2D eigenvalue weighted by atomic mass is 35.5. The van der Waals surface area contributed by atoms with E-state index >= 15 is 0 Å². The fourth-order valence-corrected chi connectivity index (χ4v) is 1.84. The monoisotopic (exact) mass is 322 g/mol. The van der Waals surface area contributed by atoms with E-state index in [-0.39, 0.29) is 24.9 Å². The number of nitrogens with one attached hydrogen (secondary N) is 1. The number of hydrogen-bond acceptors (Lipinski definition) is 5.